The number of amides is 1. The van der Waals surface area contributed by atoms with Crippen LogP contribution in [0.3, 0.4) is 0 Å². The maximum atomic E-state index is 12.4. The first-order valence-electron chi connectivity index (χ1n) is 11.2. The second kappa shape index (κ2) is 13.0. The van der Waals surface area contributed by atoms with Crippen LogP contribution in [0.1, 0.15) is 11.1 Å². The van der Waals surface area contributed by atoms with Gasteiger partial charge in [0.05, 0.1) is 24.8 Å². The number of carbonyl (C=O) groups is 1. The van der Waals surface area contributed by atoms with Gasteiger partial charge in [-0.2, -0.15) is 5.10 Å². The van der Waals surface area contributed by atoms with Gasteiger partial charge in [-0.15, -0.1) is 10.2 Å². The van der Waals surface area contributed by atoms with Crippen LogP contribution in [-0.4, -0.2) is 39.9 Å². The van der Waals surface area contributed by atoms with Gasteiger partial charge in [0.25, 0.3) is 5.95 Å². The number of ether oxygens (including phenoxy) is 2. The van der Waals surface area contributed by atoms with Crippen molar-refractivity contribution < 1.29 is 14.3 Å². The van der Waals surface area contributed by atoms with E-state index in [0.717, 1.165) is 22.9 Å². The number of carbonyl (C=O) groups excluding carboxylic acids is 1. The summed E-state index contributed by atoms with van der Waals surface area (Å²) in [6, 6.07) is 19.9. The van der Waals surface area contributed by atoms with E-state index in [1.165, 1.54) is 11.8 Å². The molecule has 0 aliphatic carbocycles. The van der Waals surface area contributed by atoms with Gasteiger partial charge in [0.15, 0.2) is 0 Å². The highest BCUT2D eigenvalue weighted by atomic mass is 35.5. The molecule has 0 atom stereocenters. The molecule has 0 saturated carbocycles. The molecule has 13 heteroatoms. The highest BCUT2D eigenvalue weighted by molar-refractivity contribution is 7.99. The Morgan fingerprint density at radius 1 is 1.11 bits per heavy atom. The van der Waals surface area contributed by atoms with Crippen molar-refractivity contribution in [2.24, 2.45) is 5.10 Å². The van der Waals surface area contributed by atoms with Crippen LogP contribution in [0.25, 0.3) is 0 Å². The van der Waals surface area contributed by atoms with Crippen molar-refractivity contribution in [2.45, 2.75) is 11.8 Å². The Morgan fingerprint density at radius 2 is 1.89 bits per heavy atom. The molecule has 38 heavy (non-hydrogen) atoms. The molecule has 1 amide bonds. The van der Waals surface area contributed by atoms with Gasteiger partial charge >= 0.3 is 0 Å². The summed E-state index contributed by atoms with van der Waals surface area (Å²) >= 11 is 13.3. The van der Waals surface area contributed by atoms with E-state index < -0.39 is 0 Å². The van der Waals surface area contributed by atoms with E-state index in [0.29, 0.717) is 39.0 Å². The van der Waals surface area contributed by atoms with Crippen LogP contribution in [0.4, 0.5) is 11.6 Å². The lowest BCUT2D eigenvalue weighted by molar-refractivity contribution is -0.113. The fourth-order valence-electron chi connectivity index (χ4n) is 3.20. The number of aromatic nitrogens is 3. The Morgan fingerprint density at radius 3 is 2.71 bits per heavy atom. The number of thioether (sulfide) groups is 1. The number of hydrogen-bond donors (Lipinski definition) is 3. The number of anilines is 2. The molecule has 196 valence electrons. The third-order valence-electron chi connectivity index (χ3n) is 5.06. The molecule has 0 unspecified atom stereocenters. The fourth-order valence-corrected chi connectivity index (χ4v) is 4.21. The molecule has 1 aromatic heterocycles. The van der Waals surface area contributed by atoms with E-state index >= 15 is 0 Å². The van der Waals surface area contributed by atoms with Crippen LogP contribution in [0, 0.1) is 0 Å². The zero-order valence-electron chi connectivity index (χ0n) is 20.1. The number of methoxy groups -OCH3 is 1. The SMILES string of the molecule is COc1ccc(Cl)cc1NC(=O)CSc1nnc(N/N=C/c2ccccc2OCc2ccccc2Cl)n1N. The summed E-state index contributed by atoms with van der Waals surface area (Å²) in [5, 5.41) is 16.4. The molecule has 1 heterocycles. The van der Waals surface area contributed by atoms with Gasteiger partial charge in [-0.05, 0) is 36.4 Å². The van der Waals surface area contributed by atoms with E-state index in [2.05, 4.69) is 26.0 Å². The van der Waals surface area contributed by atoms with Gasteiger partial charge in [-0.1, -0.05) is 65.3 Å². The lowest BCUT2D eigenvalue weighted by Crippen LogP contribution is -2.17. The van der Waals surface area contributed by atoms with Crippen molar-refractivity contribution in [3.63, 3.8) is 0 Å². The number of halogens is 2. The van der Waals surface area contributed by atoms with Crippen molar-refractivity contribution >= 4 is 58.7 Å². The number of benzene rings is 3. The maximum Gasteiger partial charge on any atom is 0.264 e. The van der Waals surface area contributed by atoms with E-state index in [4.69, 9.17) is 38.5 Å². The highest BCUT2D eigenvalue weighted by Gasteiger charge is 2.14. The van der Waals surface area contributed by atoms with E-state index in [9.17, 15) is 4.79 Å². The maximum absolute atomic E-state index is 12.4. The molecule has 0 aliphatic heterocycles. The Kier molecular flexibility index (Phi) is 9.30. The quantitative estimate of drug-likeness (QED) is 0.0985. The average molecular weight is 572 g/mol. The Balaban J connectivity index is 1.33. The predicted octanol–water partition coefficient (Wildman–Crippen LogP) is 5.06. The Labute approximate surface area is 233 Å². The molecular formula is C25H23Cl2N7O3S. The number of nitrogen functional groups attached to an aromatic ring is 1. The smallest absolute Gasteiger partial charge is 0.264 e. The molecule has 0 aliphatic rings. The van der Waals surface area contributed by atoms with Crippen molar-refractivity contribution in [1.29, 1.82) is 0 Å². The van der Waals surface area contributed by atoms with E-state index in [-0.39, 0.29) is 17.6 Å². The minimum Gasteiger partial charge on any atom is -0.495 e. The van der Waals surface area contributed by atoms with Gasteiger partial charge in [-0.3, -0.25) is 4.79 Å². The summed E-state index contributed by atoms with van der Waals surface area (Å²) < 4.78 is 12.4. The van der Waals surface area contributed by atoms with Crippen LogP contribution in [0.15, 0.2) is 77.0 Å². The topological polar surface area (TPSA) is 129 Å². The van der Waals surface area contributed by atoms with Crippen LogP contribution in [0.5, 0.6) is 11.5 Å². The first-order chi connectivity index (χ1) is 18.4. The van der Waals surface area contributed by atoms with Gasteiger partial charge in [-0.25, -0.2) is 10.1 Å². The molecule has 0 fully saturated rings. The van der Waals surface area contributed by atoms with Crippen molar-refractivity contribution in [3.05, 3.63) is 87.9 Å². The molecule has 0 radical (unpaired) electrons. The van der Waals surface area contributed by atoms with Gasteiger partial charge in [0.1, 0.15) is 18.1 Å². The third-order valence-corrected chi connectivity index (χ3v) is 6.61. The fraction of sp³-hybridized carbons (Fsp3) is 0.120. The number of hydrogen-bond acceptors (Lipinski definition) is 9. The number of nitrogens with one attached hydrogen (secondary N) is 2. The van der Waals surface area contributed by atoms with E-state index in [1.54, 1.807) is 24.4 Å². The minimum absolute atomic E-state index is 0.0322. The predicted molar refractivity (Wildman–Crippen MR) is 151 cm³/mol. The zero-order chi connectivity index (χ0) is 26.9. The van der Waals surface area contributed by atoms with Crippen molar-refractivity contribution in [2.75, 3.05) is 29.4 Å². The molecule has 0 saturated heterocycles. The van der Waals surface area contributed by atoms with Crippen LogP contribution < -0.4 is 26.1 Å². The number of para-hydroxylation sites is 1. The zero-order valence-corrected chi connectivity index (χ0v) is 22.4. The number of nitrogens with zero attached hydrogens (tertiary/aromatic N) is 4. The Hall–Kier alpha value is -3.93. The third kappa shape index (κ3) is 7.09. The minimum atomic E-state index is -0.292. The number of rotatable bonds is 11. The summed E-state index contributed by atoms with van der Waals surface area (Å²) in [7, 11) is 1.51. The molecule has 10 nitrogen and oxygen atoms in total. The van der Waals surface area contributed by atoms with E-state index in [1.807, 2.05) is 48.5 Å². The summed E-state index contributed by atoms with van der Waals surface area (Å²) in [4.78, 5) is 12.4. The molecule has 3 aromatic carbocycles. The molecular weight excluding hydrogens is 549 g/mol. The molecule has 4 N–H and O–H groups in total. The molecule has 0 bridgehead atoms. The average Bonchev–Trinajstić information content (AvgIpc) is 3.27. The van der Waals surface area contributed by atoms with Crippen LogP contribution in [0.2, 0.25) is 10.0 Å². The van der Waals surface area contributed by atoms with Crippen molar-refractivity contribution in [3.8, 4) is 11.5 Å². The molecule has 4 rings (SSSR count). The number of nitrogens with two attached hydrogens (primary N) is 1. The van der Waals surface area contributed by atoms with Gasteiger partial charge < -0.3 is 20.6 Å². The molecule has 0 spiro atoms. The first kappa shape index (κ1) is 27.1. The van der Waals surface area contributed by atoms with Gasteiger partial charge in [0.2, 0.25) is 11.1 Å². The Bertz CT molecular complexity index is 1450. The second-order valence-electron chi connectivity index (χ2n) is 7.65. The standard InChI is InChI=1S/C25H23Cl2N7O3S/c1-36-22-11-10-18(26)12-20(22)30-23(35)15-38-25-33-32-24(34(25)28)31-29-13-16-6-3-5-9-21(16)37-14-17-7-2-4-8-19(17)27/h2-13H,14-15,28H2,1H3,(H,30,35)(H,31,32)/b29-13+. The summed E-state index contributed by atoms with van der Waals surface area (Å²) in [6.45, 7) is 0.313. The lowest BCUT2D eigenvalue weighted by atomic mass is 10.2. The molecule has 4 aromatic rings. The number of hydrazone groups is 1. The summed E-state index contributed by atoms with van der Waals surface area (Å²) in [6.07, 6.45) is 1.58. The normalized spacial score (nSPS) is 10.9. The first-order valence-corrected chi connectivity index (χ1v) is 12.9. The summed E-state index contributed by atoms with van der Waals surface area (Å²) in [5.74, 6) is 7.13. The second-order valence-corrected chi connectivity index (χ2v) is 9.43. The van der Waals surface area contributed by atoms with Gasteiger partial charge in [0, 0.05) is 21.2 Å². The lowest BCUT2D eigenvalue weighted by Gasteiger charge is -2.10. The van der Waals surface area contributed by atoms with Crippen LogP contribution >= 0.6 is 35.0 Å². The monoisotopic (exact) mass is 571 g/mol. The summed E-state index contributed by atoms with van der Waals surface area (Å²) in [5.41, 5.74) is 4.83. The van der Waals surface area contributed by atoms with Crippen molar-refractivity contribution in [1.82, 2.24) is 14.9 Å². The highest BCUT2D eigenvalue weighted by Crippen LogP contribution is 2.28. The van der Waals surface area contributed by atoms with Crippen LogP contribution in [-0.2, 0) is 11.4 Å². The largest absolute Gasteiger partial charge is 0.495 e.